The summed E-state index contributed by atoms with van der Waals surface area (Å²) in [5, 5.41) is 2.76. The van der Waals surface area contributed by atoms with Crippen molar-refractivity contribution in [2.45, 2.75) is 24.8 Å². The minimum Gasteiger partial charge on any atom is -0.379 e. The molecular weight excluding hydrogens is 418 g/mol. The van der Waals surface area contributed by atoms with Crippen molar-refractivity contribution < 1.29 is 26.4 Å². The van der Waals surface area contributed by atoms with E-state index in [9.17, 15) is 21.6 Å². The minimum atomic E-state index is -3.68. The lowest BCUT2D eigenvalue weighted by atomic mass is 10.2. The Hall–Kier alpha value is -1.53. The zero-order valence-electron chi connectivity index (χ0n) is 16.6. The summed E-state index contributed by atoms with van der Waals surface area (Å²) in [6.07, 6.45) is 0. The highest BCUT2D eigenvalue weighted by atomic mass is 32.2. The van der Waals surface area contributed by atoms with Crippen LogP contribution in [0.5, 0.6) is 0 Å². The normalized spacial score (nSPS) is 22.1. The molecule has 1 aromatic carbocycles. The maximum atomic E-state index is 13.0. The van der Waals surface area contributed by atoms with Gasteiger partial charge in [-0.05, 0) is 31.5 Å². The van der Waals surface area contributed by atoms with Crippen molar-refractivity contribution in [2.75, 3.05) is 56.2 Å². The van der Waals surface area contributed by atoms with Crippen LogP contribution in [0.4, 0.5) is 5.69 Å². The Labute approximate surface area is 172 Å². The number of benzene rings is 1. The van der Waals surface area contributed by atoms with Gasteiger partial charge in [0.25, 0.3) is 0 Å². The molecule has 2 saturated heterocycles. The first kappa shape index (κ1) is 22.2. The molecule has 2 heterocycles. The summed E-state index contributed by atoms with van der Waals surface area (Å²) < 4.78 is 55.7. The summed E-state index contributed by atoms with van der Waals surface area (Å²) in [6.45, 7) is 5.36. The Kier molecular flexibility index (Phi) is 6.64. The first-order valence-electron chi connectivity index (χ1n) is 9.54. The second kappa shape index (κ2) is 8.68. The summed E-state index contributed by atoms with van der Waals surface area (Å²) in [7, 11) is -6.70. The molecule has 2 fully saturated rings. The fourth-order valence-electron chi connectivity index (χ4n) is 3.41. The minimum absolute atomic E-state index is 0.0388. The summed E-state index contributed by atoms with van der Waals surface area (Å²) in [4.78, 5) is 14.6. The van der Waals surface area contributed by atoms with Crippen LogP contribution in [0.25, 0.3) is 0 Å². The third kappa shape index (κ3) is 5.15. The lowest BCUT2D eigenvalue weighted by molar-refractivity contribution is -0.120. The molecule has 2 aliphatic heterocycles. The molecule has 2 aliphatic rings. The molecule has 162 valence electrons. The zero-order chi connectivity index (χ0) is 21.2. The molecule has 1 aromatic rings. The second-order valence-corrected chi connectivity index (χ2v) is 11.6. The Morgan fingerprint density at radius 2 is 1.76 bits per heavy atom. The van der Waals surface area contributed by atoms with Crippen LogP contribution in [0.1, 0.15) is 12.5 Å². The number of hydrogen-bond acceptors (Lipinski definition) is 7. The lowest BCUT2D eigenvalue weighted by Gasteiger charge is -2.31. The summed E-state index contributed by atoms with van der Waals surface area (Å²) in [6, 6.07) is 4.29. The van der Waals surface area contributed by atoms with Gasteiger partial charge in [-0.2, -0.15) is 4.31 Å². The maximum Gasteiger partial charge on any atom is 0.243 e. The Morgan fingerprint density at radius 1 is 1.14 bits per heavy atom. The van der Waals surface area contributed by atoms with Crippen LogP contribution in [0, 0.1) is 6.92 Å². The van der Waals surface area contributed by atoms with Crippen LogP contribution < -0.4 is 5.32 Å². The zero-order valence-corrected chi connectivity index (χ0v) is 18.3. The number of ether oxygens (including phenoxy) is 1. The molecule has 0 bridgehead atoms. The predicted molar refractivity (Wildman–Crippen MR) is 109 cm³/mol. The van der Waals surface area contributed by atoms with Crippen molar-refractivity contribution in [3.63, 3.8) is 0 Å². The molecule has 1 amide bonds. The highest BCUT2D eigenvalue weighted by Crippen LogP contribution is 2.24. The highest BCUT2D eigenvalue weighted by Gasteiger charge is 2.30. The fourth-order valence-corrected chi connectivity index (χ4v) is 6.30. The Balaban J connectivity index is 1.73. The number of sulfonamides is 1. The average Bonchev–Trinajstić information content (AvgIpc) is 2.69. The van der Waals surface area contributed by atoms with Gasteiger partial charge in [0.1, 0.15) is 0 Å². The highest BCUT2D eigenvalue weighted by molar-refractivity contribution is 7.91. The molecule has 29 heavy (non-hydrogen) atoms. The van der Waals surface area contributed by atoms with Crippen molar-refractivity contribution >= 4 is 31.5 Å². The number of nitrogens with zero attached hydrogens (tertiary/aromatic N) is 2. The van der Waals surface area contributed by atoms with Gasteiger partial charge in [0.2, 0.25) is 15.9 Å². The molecular formula is C18H27N3O6S2. The van der Waals surface area contributed by atoms with Crippen molar-refractivity contribution in [1.82, 2.24) is 9.21 Å². The number of amides is 1. The van der Waals surface area contributed by atoms with E-state index in [1.54, 1.807) is 26.0 Å². The lowest BCUT2D eigenvalue weighted by Crippen LogP contribution is -2.49. The van der Waals surface area contributed by atoms with Crippen molar-refractivity contribution in [3.8, 4) is 0 Å². The predicted octanol–water partition coefficient (Wildman–Crippen LogP) is 0.0733. The third-order valence-corrected chi connectivity index (χ3v) is 9.00. The van der Waals surface area contributed by atoms with E-state index >= 15 is 0 Å². The maximum absolute atomic E-state index is 13.0. The number of carbonyl (C=O) groups excluding carboxylic acids is 1. The number of aryl methyl sites for hydroxylation is 1. The van der Waals surface area contributed by atoms with Gasteiger partial charge in [0, 0.05) is 31.9 Å². The van der Waals surface area contributed by atoms with E-state index in [1.807, 2.05) is 4.90 Å². The molecule has 0 saturated carbocycles. The largest absolute Gasteiger partial charge is 0.379 e. The van der Waals surface area contributed by atoms with Crippen molar-refractivity contribution in [1.29, 1.82) is 0 Å². The van der Waals surface area contributed by atoms with E-state index in [0.717, 1.165) is 0 Å². The van der Waals surface area contributed by atoms with Gasteiger partial charge < -0.3 is 10.1 Å². The Bertz CT molecular complexity index is 957. The van der Waals surface area contributed by atoms with Gasteiger partial charge in [-0.15, -0.1) is 0 Å². The Morgan fingerprint density at radius 3 is 2.38 bits per heavy atom. The molecule has 1 atom stereocenters. The molecule has 9 nitrogen and oxygen atoms in total. The second-order valence-electron chi connectivity index (χ2n) is 7.35. The van der Waals surface area contributed by atoms with Crippen molar-refractivity contribution in [2.24, 2.45) is 0 Å². The number of rotatable bonds is 5. The van der Waals surface area contributed by atoms with Gasteiger partial charge in [0.05, 0.1) is 35.7 Å². The SMILES string of the molecule is Cc1ccc(NC(=O)C(C)N2CCS(=O)(=O)CC2)cc1S(=O)(=O)N1CCOCC1. The van der Waals surface area contributed by atoms with Gasteiger partial charge in [-0.25, -0.2) is 16.8 Å². The summed E-state index contributed by atoms with van der Waals surface area (Å²) >= 11 is 0. The van der Waals surface area contributed by atoms with Crippen LogP contribution in [0.15, 0.2) is 23.1 Å². The molecule has 1 unspecified atom stereocenters. The first-order chi connectivity index (χ1) is 13.6. The number of hydrogen-bond donors (Lipinski definition) is 1. The van der Waals surface area contributed by atoms with E-state index in [2.05, 4.69) is 5.32 Å². The number of sulfone groups is 1. The van der Waals surface area contributed by atoms with E-state index < -0.39 is 25.9 Å². The van der Waals surface area contributed by atoms with Crippen LogP contribution >= 0.6 is 0 Å². The topological polar surface area (TPSA) is 113 Å². The third-order valence-electron chi connectivity index (χ3n) is 5.35. The first-order valence-corrected chi connectivity index (χ1v) is 12.8. The summed E-state index contributed by atoms with van der Waals surface area (Å²) in [5.74, 6) is -0.225. The molecule has 0 aliphatic carbocycles. The van der Waals surface area contributed by atoms with Crippen LogP contribution in [-0.2, 0) is 29.4 Å². The number of morpholine rings is 1. The smallest absolute Gasteiger partial charge is 0.243 e. The van der Waals surface area contributed by atoms with Gasteiger partial charge in [0.15, 0.2) is 9.84 Å². The van der Waals surface area contributed by atoms with Crippen LogP contribution in [-0.4, -0.2) is 88.9 Å². The quantitative estimate of drug-likeness (QED) is 0.682. The molecule has 3 rings (SSSR count). The van der Waals surface area contributed by atoms with E-state index in [-0.39, 0.29) is 22.3 Å². The molecule has 0 radical (unpaired) electrons. The molecule has 0 spiro atoms. The van der Waals surface area contributed by atoms with E-state index in [0.29, 0.717) is 50.6 Å². The molecule has 11 heteroatoms. The average molecular weight is 446 g/mol. The number of carbonyl (C=O) groups is 1. The van der Waals surface area contributed by atoms with Crippen LogP contribution in [0.3, 0.4) is 0 Å². The standard InChI is InChI=1S/C18H27N3O6S2/c1-14-3-4-16(13-17(14)29(25,26)21-5-9-27-10-6-21)19-18(22)15(2)20-7-11-28(23,24)12-8-20/h3-4,13,15H,5-12H2,1-2H3,(H,19,22). The van der Waals surface area contributed by atoms with Crippen LogP contribution in [0.2, 0.25) is 0 Å². The van der Waals surface area contributed by atoms with Gasteiger partial charge in [-0.1, -0.05) is 6.07 Å². The van der Waals surface area contributed by atoms with Gasteiger partial charge >= 0.3 is 0 Å². The molecule has 1 N–H and O–H groups in total. The van der Waals surface area contributed by atoms with E-state index in [4.69, 9.17) is 4.74 Å². The number of anilines is 1. The summed E-state index contributed by atoms with van der Waals surface area (Å²) in [5.41, 5.74) is 0.993. The van der Waals surface area contributed by atoms with Gasteiger partial charge in [-0.3, -0.25) is 9.69 Å². The number of nitrogens with one attached hydrogen (secondary N) is 1. The monoisotopic (exact) mass is 445 g/mol. The fraction of sp³-hybridized carbons (Fsp3) is 0.611. The molecule has 0 aromatic heterocycles. The van der Waals surface area contributed by atoms with E-state index in [1.165, 1.54) is 10.4 Å². The van der Waals surface area contributed by atoms with Crippen molar-refractivity contribution in [3.05, 3.63) is 23.8 Å².